The first-order chi connectivity index (χ1) is 15.0. The molecule has 1 unspecified atom stereocenters. The minimum Gasteiger partial charge on any atom is -0.497 e. The second-order valence-corrected chi connectivity index (χ2v) is 8.15. The first-order valence-corrected chi connectivity index (χ1v) is 10.7. The van der Waals surface area contributed by atoms with E-state index in [0.29, 0.717) is 0 Å². The van der Waals surface area contributed by atoms with Gasteiger partial charge in [-0.05, 0) is 34.9 Å². The number of pyridine rings is 1. The van der Waals surface area contributed by atoms with Gasteiger partial charge >= 0.3 is 5.97 Å². The molecule has 31 heavy (non-hydrogen) atoms. The van der Waals surface area contributed by atoms with Crippen molar-refractivity contribution in [3.05, 3.63) is 95.8 Å². The molecule has 0 bridgehead atoms. The van der Waals surface area contributed by atoms with E-state index in [1.807, 2.05) is 66.7 Å². The number of ether oxygens (including phenoxy) is 1. The summed E-state index contributed by atoms with van der Waals surface area (Å²) in [6, 6.07) is 20.4. The van der Waals surface area contributed by atoms with Crippen LogP contribution in [0, 0.1) is 0 Å². The van der Waals surface area contributed by atoms with Crippen molar-refractivity contribution in [2.75, 3.05) is 12.9 Å². The van der Waals surface area contributed by atoms with Crippen molar-refractivity contribution >= 4 is 23.6 Å². The fraction of sp³-hybridized carbons (Fsp3) is 0.208. The zero-order valence-electron chi connectivity index (χ0n) is 17.3. The Bertz CT molecular complexity index is 971. The van der Waals surface area contributed by atoms with Gasteiger partial charge in [0, 0.05) is 25.1 Å². The minimum atomic E-state index is -1.08. The fourth-order valence-electron chi connectivity index (χ4n) is 3.45. The molecule has 2 aromatic carbocycles. The average molecular weight is 437 g/mol. The number of hydrogen-bond donors (Lipinski definition) is 2. The summed E-state index contributed by atoms with van der Waals surface area (Å²) < 4.78 is 4.58. The molecule has 2 N–H and O–H groups in total. The molecule has 0 aliphatic rings. The van der Waals surface area contributed by atoms with Crippen molar-refractivity contribution in [2.24, 2.45) is 0 Å². The number of thioether (sulfide) groups is 1. The molecule has 0 saturated heterocycles. The van der Waals surface area contributed by atoms with Crippen LogP contribution in [0.4, 0.5) is 0 Å². The number of benzene rings is 2. The third kappa shape index (κ3) is 5.06. The largest absolute Gasteiger partial charge is 0.497 e. The number of methoxy groups -OCH3 is 1. The number of aromatic nitrogens is 1. The van der Waals surface area contributed by atoms with Crippen molar-refractivity contribution < 1.29 is 19.4 Å². The molecule has 1 aromatic heterocycles. The Hall–Kier alpha value is -3.32. The Balaban J connectivity index is 2.17. The van der Waals surface area contributed by atoms with Crippen LogP contribution < -0.4 is 10.1 Å². The number of nitrogens with zero attached hydrogens (tertiary/aromatic N) is 1. The van der Waals surface area contributed by atoms with E-state index in [1.54, 1.807) is 19.5 Å². The summed E-state index contributed by atoms with van der Waals surface area (Å²) in [5, 5.41) is 12.2. The lowest BCUT2D eigenvalue weighted by molar-refractivity contribution is -0.140. The zero-order valence-corrected chi connectivity index (χ0v) is 18.1. The molecule has 2 atom stereocenters. The van der Waals surface area contributed by atoms with Crippen LogP contribution >= 0.6 is 11.8 Å². The summed E-state index contributed by atoms with van der Waals surface area (Å²) in [4.78, 5) is 27.7. The van der Waals surface area contributed by atoms with Crippen LogP contribution in [0.2, 0.25) is 0 Å². The normalized spacial score (nSPS) is 13.6. The zero-order chi connectivity index (χ0) is 22.3. The van der Waals surface area contributed by atoms with Crippen LogP contribution in [0.3, 0.4) is 0 Å². The van der Waals surface area contributed by atoms with E-state index in [2.05, 4.69) is 10.3 Å². The Kier molecular flexibility index (Phi) is 7.31. The molecule has 3 aromatic rings. The van der Waals surface area contributed by atoms with Gasteiger partial charge in [-0.3, -0.25) is 9.78 Å². The summed E-state index contributed by atoms with van der Waals surface area (Å²) in [6.07, 6.45) is 3.49. The number of amides is 1. The van der Waals surface area contributed by atoms with Gasteiger partial charge in [-0.1, -0.05) is 48.5 Å². The lowest BCUT2D eigenvalue weighted by atomic mass is 9.85. The third-order valence-electron chi connectivity index (χ3n) is 4.89. The average Bonchev–Trinajstić information content (AvgIpc) is 2.80. The molecule has 0 aliphatic carbocycles. The second-order valence-electron chi connectivity index (χ2n) is 6.92. The summed E-state index contributed by atoms with van der Waals surface area (Å²) in [5.41, 5.74) is 2.83. The molecule has 0 fully saturated rings. The number of hydrogen-bond acceptors (Lipinski definition) is 5. The smallest absolute Gasteiger partial charge is 0.327 e. The van der Waals surface area contributed by atoms with Gasteiger partial charge in [-0.15, -0.1) is 11.8 Å². The van der Waals surface area contributed by atoms with Crippen molar-refractivity contribution in [3.8, 4) is 5.75 Å². The monoisotopic (exact) mass is 436 g/mol. The molecule has 1 amide bonds. The number of nitrogens with one attached hydrogen (secondary N) is 1. The number of rotatable bonds is 9. The van der Waals surface area contributed by atoms with Crippen molar-refractivity contribution in [1.82, 2.24) is 10.3 Å². The van der Waals surface area contributed by atoms with Gasteiger partial charge in [-0.2, -0.15) is 0 Å². The molecular formula is C24H24N2O4S. The molecule has 160 valence electrons. The number of carbonyl (C=O) groups excluding carboxylic acids is 1. The van der Waals surface area contributed by atoms with Crippen molar-refractivity contribution in [3.63, 3.8) is 0 Å². The molecule has 0 saturated carbocycles. The number of carbonyl (C=O) groups is 2. The highest BCUT2D eigenvalue weighted by molar-refractivity contribution is 8.00. The van der Waals surface area contributed by atoms with Crippen LogP contribution in [0.5, 0.6) is 5.75 Å². The van der Waals surface area contributed by atoms with E-state index >= 15 is 0 Å². The summed E-state index contributed by atoms with van der Waals surface area (Å²) in [7, 11) is 1.61. The number of aliphatic carboxylic acids is 1. The molecule has 6 nitrogen and oxygen atoms in total. The maximum Gasteiger partial charge on any atom is 0.327 e. The van der Waals surface area contributed by atoms with Gasteiger partial charge in [0.25, 0.3) is 0 Å². The van der Waals surface area contributed by atoms with Crippen LogP contribution in [0.1, 0.15) is 23.6 Å². The van der Waals surface area contributed by atoms with E-state index in [0.717, 1.165) is 22.4 Å². The molecule has 3 rings (SSSR count). The van der Waals surface area contributed by atoms with Gasteiger partial charge in [-0.25, -0.2) is 4.79 Å². The van der Waals surface area contributed by atoms with Crippen molar-refractivity contribution in [2.45, 2.75) is 17.7 Å². The van der Waals surface area contributed by atoms with Crippen LogP contribution in [-0.4, -0.2) is 40.9 Å². The van der Waals surface area contributed by atoms with E-state index in [4.69, 9.17) is 4.74 Å². The van der Waals surface area contributed by atoms with E-state index in [-0.39, 0.29) is 11.7 Å². The van der Waals surface area contributed by atoms with Gasteiger partial charge in [0.2, 0.25) is 5.91 Å². The highest BCUT2D eigenvalue weighted by Gasteiger charge is 2.38. The van der Waals surface area contributed by atoms with E-state index in [9.17, 15) is 14.7 Å². The van der Waals surface area contributed by atoms with Crippen LogP contribution in [0.15, 0.2) is 79.1 Å². The Morgan fingerprint density at radius 2 is 1.68 bits per heavy atom. The predicted octanol–water partition coefficient (Wildman–Crippen LogP) is 3.70. The fourth-order valence-corrected chi connectivity index (χ4v) is 4.98. The molecule has 1 heterocycles. The predicted molar refractivity (Wildman–Crippen MR) is 121 cm³/mol. The van der Waals surface area contributed by atoms with E-state index < -0.39 is 16.8 Å². The highest BCUT2D eigenvalue weighted by Crippen LogP contribution is 2.48. The SMILES string of the molecule is COc1ccc(C(SC[C@H](NC(C)=O)C(=O)O)(c2ccccc2)c2cccnc2)cc1. The first kappa shape index (κ1) is 22.4. The van der Waals surface area contributed by atoms with Gasteiger partial charge in [0.15, 0.2) is 0 Å². The van der Waals surface area contributed by atoms with Crippen molar-refractivity contribution in [1.29, 1.82) is 0 Å². The second kappa shape index (κ2) is 10.1. The molecule has 0 spiro atoms. The van der Waals surface area contributed by atoms with Crippen LogP contribution in [-0.2, 0) is 14.3 Å². The quantitative estimate of drug-likeness (QED) is 0.532. The molecule has 0 radical (unpaired) electrons. The Labute approximate surface area is 185 Å². The third-order valence-corrected chi connectivity index (χ3v) is 6.53. The Morgan fingerprint density at radius 3 is 2.23 bits per heavy atom. The topological polar surface area (TPSA) is 88.5 Å². The van der Waals surface area contributed by atoms with E-state index in [1.165, 1.54) is 18.7 Å². The Morgan fingerprint density at radius 1 is 1.03 bits per heavy atom. The van der Waals surface area contributed by atoms with Crippen LogP contribution in [0.25, 0.3) is 0 Å². The molecular weight excluding hydrogens is 412 g/mol. The van der Waals surface area contributed by atoms with Gasteiger partial charge < -0.3 is 15.2 Å². The summed E-state index contributed by atoms with van der Waals surface area (Å²) >= 11 is 1.44. The lowest BCUT2D eigenvalue weighted by Crippen LogP contribution is -2.42. The lowest BCUT2D eigenvalue weighted by Gasteiger charge is -2.36. The maximum absolute atomic E-state index is 11.8. The number of carboxylic acids is 1. The summed E-state index contributed by atoms with van der Waals surface area (Å²) in [6.45, 7) is 1.32. The van der Waals surface area contributed by atoms with Gasteiger partial charge in [0.05, 0.1) is 11.9 Å². The minimum absolute atomic E-state index is 0.157. The summed E-state index contributed by atoms with van der Waals surface area (Å²) in [5.74, 6) is -0.580. The maximum atomic E-state index is 11.8. The molecule has 0 aliphatic heterocycles. The standard InChI is InChI=1S/C24H24N2O4S/c1-17(27)26-22(23(28)29)16-31-24(18-7-4-3-5-8-18,20-9-6-14-25-15-20)19-10-12-21(30-2)13-11-19/h3-15,22H,16H2,1-2H3,(H,26,27)(H,28,29)/t22-,24?/m0/s1. The van der Waals surface area contributed by atoms with Gasteiger partial charge in [0.1, 0.15) is 11.8 Å². The highest BCUT2D eigenvalue weighted by atomic mass is 32.2. The number of carboxylic acid groups (broad SMARTS) is 1. The molecule has 7 heteroatoms. The first-order valence-electron chi connectivity index (χ1n) is 9.72.